The van der Waals surface area contributed by atoms with Crippen molar-refractivity contribution in [1.82, 2.24) is 9.55 Å². The first kappa shape index (κ1) is 15.4. The van der Waals surface area contributed by atoms with Crippen LogP contribution in [-0.2, 0) is 11.3 Å². The largest absolute Gasteiger partial charge is 0.462 e. The molecule has 2 aromatic heterocycles. The van der Waals surface area contributed by atoms with E-state index < -0.39 is 22.4 Å². The number of aromatic nitrogens is 2. The summed E-state index contributed by atoms with van der Waals surface area (Å²) >= 11 is 5.61. The van der Waals surface area contributed by atoms with Crippen molar-refractivity contribution in [2.45, 2.75) is 13.5 Å². The van der Waals surface area contributed by atoms with Crippen LogP contribution < -0.4 is 5.43 Å². The maximum Gasteiger partial charge on any atom is 0.343 e. The van der Waals surface area contributed by atoms with Gasteiger partial charge in [0.25, 0.3) is 0 Å². The number of fused-ring (bicyclic) bond motifs is 1. The second kappa shape index (κ2) is 6.19. The van der Waals surface area contributed by atoms with Gasteiger partial charge in [0, 0.05) is 12.7 Å². The van der Waals surface area contributed by atoms with E-state index in [2.05, 4.69) is 4.98 Å². The van der Waals surface area contributed by atoms with Gasteiger partial charge in [-0.1, -0.05) is 11.6 Å². The molecule has 2 heterocycles. The second-order valence-corrected chi connectivity index (χ2v) is 4.50. The Morgan fingerprint density at radius 1 is 1.57 bits per heavy atom. The van der Waals surface area contributed by atoms with Crippen molar-refractivity contribution in [1.29, 1.82) is 0 Å². The first-order valence-electron chi connectivity index (χ1n) is 6.16. The number of rotatable bonds is 4. The summed E-state index contributed by atoms with van der Waals surface area (Å²) in [5, 5.41) is 8.56. The number of aliphatic hydroxyl groups excluding tert-OH is 1. The molecule has 0 aromatic carbocycles. The van der Waals surface area contributed by atoms with Gasteiger partial charge in [-0.2, -0.15) is 0 Å². The fourth-order valence-electron chi connectivity index (χ4n) is 1.90. The van der Waals surface area contributed by atoms with Crippen LogP contribution in [-0.4, -0.2) is 33.8 Å². The Hall–Kier alpha value is -1.99. The average Bonchev–Trinajstić information content (AvgIpc) is 2.44. The summed E-state index contributed by atoms with van der Waals surface area (Å²) in [5.74, 6) is -1.68. The number of carbonyl (C=O) groups is 1. The number of ether oxygens (including phenoxy) is 1. The number of hydrogen-bond donors (Lipinski definition) is 1. The number of hydrogen-bond acceptors (Lipinski definition) is 5. The Labute approximate surface area is 123 Å². The average molecular weight is 315 g/mol. The summed E-state index contributed by atoms with van der Waals surface area (Å²) < 4.78 is 19.7. The summed E-state index contributed by atoms with van der Waals surface area (Å²) in [6, 6.07) is 0.920. The zero-order chi connectivity index (χ0) is 15.6. The van der Waals surface area contributed by atoms with Gasteiger partial charge in [0.2, 0.25) is 5.43 Å². The van der Waals surface area contributed by atoms with Gasteiger partial charge < -0.3 is 14.4 Å². The van der Waals surface area contributed by atoms with Gasteiger partial charge in [-0.3, -0.25) is 4.79 Å². The molecule has 112 valence electrons. The molecule has 2 rings (SSSR count). The highest BCUT2D eigenvalue weighted by Crippen LogP contribution is 2.18. The SMILES string of the molecule is CCOC(=O)c1cn(CCO)c2nc(Cl)c(F)cc2c1=O. The van der Waals surface area contributed by atoms with Crippen LogP contribution in [0.4, 0.5) is 4.39 Å². The van der Waals surface area contributed by atoms with Crippen LogP contribution in [0.3, 0.4) is 0 Å². The van der Waals surface area contributed by atoms with E-state index in [1.54, 1.807) is 6.92 Å². The minimum Gasteiger partial charge on any atom is -0.462 e. The molecule has 8 heteroatoms. The molecule has 0 radical (unpaired) electrons. The predicted octanol–water partition coefficient (Wildman–Crippen LogP) is 1.36. The van der Waals surface area contributed by atoms with E-state index in [-0.39, 0.29) is 36.4 Å². The third kappa shape index (κ3) is 2.88. The van der Waals surface area contributed by atoms with E-state index in [0.717, 1.165) is 6.07 Å². The molecule has 0 saturated heterocycles. The molecule has 2 aromatic rings. The summed E-state index contributed by atoms with van der Waals surface area (Å²) in [7, 11) is 0. The summed E-state index contributed by atoms with van der Waals surface area (Å²) in [4.78, 5) is 27.8. The lowest BCUT2D eigenvalue weighted by atomic mass is 10.2. The molecule has 0 atom stereocenters. The molecule has 0 aliphatic carbocycles. The maximum atomic E-state index is 13.5. The minimum absolute atomic E-state index is 0.0676. The van der Waals surface area contributed by atoms with Crippen LogP contribution in [0.15, 0.2) is 17.1 Å². The lowest BCUT2D eigenvalue weighted by Crippen LogP contribution is -2.22. The van der Waals surface area contributed by atoms with Crippen LogP contribution in [0.1, 0.15) is 17.3 Å². The first-order chi connectivity index (χ1) is 9.99. The van der Waals surface area contributed by atoms with Crippen LogP contribution in [0.25, 0.3) is 11.0 Å². The first-order valence-corrected chi connectivity index (χ1v) is 6.54. The highest BCUT2D eigenvalue weighted by atomic mass is 35.5. The molecular formula is C13H12ClFN2O4. The van der Waals surface area contributed by atoms with E-state index >= 15 is 0 Å². The highest BCUT2D eigenvalue weighted by Gasteiger charge is 2.18. The van der Waals surface area contributed by atoms with Crippen LogP contribution in [0.5, 0.6) is 0 Å². The van der Waals surface area contributed by atoms with E-state index in [1.165, 1.54) is 10.8 Å². The van der Waals surface area contributed by atoms with E-state index in [9.17, 15) is 14.0 Å². The van der Waals surface area contributed by atoms with Crippen LogP contribution in [0.2, 0.25) is 5.15 Å². The quantitative estimate of drug-likeness (QED) is 0.680. The van der Waals surface area contributed by atoms with Crippen molar-refractivity contribution in [2.75, 3.05) is 13.2 Å². The summed E-state index contributed by atoms with van der Waals surface area (Å²) in [6.07, 6.45) is 1.22. The second-order valence-electron chi connectivity index (χ2n) is 4.14. The topological polar surface area (TPSA) is 81.4 Å². The molecule has 21 heavy (non-hydrogen) atoms. The van der Waals surface area contributed by atoms with Crippen molar-refractivity contribution < 1.29 is 19.0 Å². The Bertz CT molecular complexity index is 760. The maximum absolute atomic E-state index is 13.5. The lowest BCUT2D eigenvalue weighted by Gasteiger charge is -2.11. The molecule has 0 aliphatic rings. The lowest BCUT2D eigenvalue weighted by molar-refractivity contribution is 0.0524. The number of pyridine rings is 2. The van der Waals surface area contributed by atoms with Gasteiger partial charge in [-0.25, -0.2) is 14.2 Å². The molecule has 0 unspecified atom stereocenters. The van der Waals surface area contributed by atoms with Crippen LogP contribution >= 0.6 is 11.6 Å². The highest BCUT2D eigenvalue weighted by molar-refractivity contribution is 6.29. The molecular weight excluding hydrogens is 303 g/mol. The Balaban J connectivity index is 2.79. The van der Waals surface area contributed by atoms with Gasteiger partial charge in [0.1, 0.15) is 11.2 Å². The molecule has 6 nitrogen and oxygen atoms in total. The van der Waals surface area contributed by atoms with E-state index in [4.69, 9.17) is 21.4 Å². The van der Waals surface area contributed by atoms with Crippen molar-refractivity contribution in [2.24, 2.45) is 0 Å². The fraction of sp³-hybridized carbons (Fsp3) is 0.308. The molecule has 0 bridgehead atoms. The van der Waals surface area contributed by atoms with Crippen molar-refractivity contribution in [3.8, 4) is 0 Å². The smallest absolute Gasteiger partial charge is 0.343 e. The fourth-order valence-corrected chi connectivity index (χ4v) is 2.03. The molecule has 0 amide bonds. The van der Waals surface area contributed by atoms with Crippen molar-refractivity contribution in [3.63, 3.8) is 0 Å². The third-order valence-corrected chi connectivity index (χ3v) is 3.06. The summed E-state index contributed by atoms with van der Waals surface area (Å²) in [5.41, 5.74) is -0.851. The van der Waals surface area contributed by atoms with Crippen molar-refractivity contribution in [3.05, 3.63) is 39.0 Å². The molecule has 0 saturated carbocycles. The zero-order valence-corrected chi connectivity index (χ0v) is 11.9. The molecule has 0 aliphatic heterocycles. The number of aliphatic hydroxyl groups is 1. The monoisotopic (exact) mass is 314 g/mol. The normalized spacial score (nSPS) is 10.9. The van der Waals surface area contributed by atoms with E-state index in [1.807, 2.05) is 0 Å². The van der Waals surface area contributed by atoms with Gasteiger partial charge in [-0.05, 0) is 13.0 Å². The van der Waals surface area contributed by atoms with Gasteiger partial charge in [0.15, 0.2) is 11.0 Å². The zero-order valence-electron chi connectivity index (χ0n) is 11.1. The number of carbonyl (C=O) groups excluding carboxylic acids is 1. The third-order valence-electron chi connectivity index (χ3n) is 2.80. The van der Waals surface area contributed by atoms with Crippen LogP contribution in [0, 0.1) is 5.82 Å². The van der Waals surface area contributed by atoms with E-state index in [0.29, 0.717) is 0 Å². The standard InChI is InChI=1S/C13H12ClFN2O4/c1-2-21-13(20)8-6-17(3-4-18)12-7(10(8)19)5-9(15)11(14)16-12/h5-6,18H,2-4H2,1H3. The Kier molecular flexibility index (Phi) is 4.54. The predicted molar refractivity (Wildman–Crippen MR) is 74.0 cm³/mol. The minimum atomic E-state index is -0.863. The number of nitrogens with zero attached hydrogens (tertiary/aromatic N) is 2. The summed E-state index contributed by atoms with van der Waals surface area (Å²) in [6.45, 7) is 1.52. The van der Waals surface area contributed by atoms with Gasteiger partial charge in [-0.15, -0.1) is 0 Å². The number of halogens is 2. The Morgan fingerprint density at radius 3 is 2.90 bits per heavy atom. The molecule has 0 fully saturated rings. The molecule has 0 spiro atoms. The number of esters is 1. The van der Waals surface area contributed by atoms with Gasteiger partial charge in [0.05, 0.1) is 18.6 Å². The Morgan fingerprint density at radius 2 is 2.29 bits per heavy atom. The van der Waals surface area contributed by atoms with Gasteiger partial charge >= 0.3 is 5.97 Å². The van der Waals surface area contributed by atoms with Crippen molar-refractivity contribution >= 4 is 28.6 Å². The molecule has 1 N–H and O–H groups in total.